The van der Waals surface area contributed by atoms with Crippen molar-refractivity contribution < 1.29 is 13.2 Å². The number of ether oxygens (including phenoxy) is 1. The first kappa shape index (κ1) is 17.2. The largest absolute Gasteiger partial charge is 0.496 e. The van der Waals surface area contributed by atoms with Gasteiger partial charge in [0, 0.05) is 19.1 Å². The van der Waals surface area contributed by atoms with Gasteiger partial charge in [-0.2, -0.15) is 4.31 Å². The van der Waals surface area contributed by atoms with E-state index in [4.69, 9.17) is 10.5 Å². The van der Waals surface area contributed by atoms with Crippen LogP contribution in [0, 0.1) is 6.92 Å². The standard InChI is InChI=1S/C16H26N2O3S/c1-11(2)14-9-16(12(3)8-15(14)21-4)22(19,20)18-7-5-6-13(17)10-18/h8-9,11,13H,5-7,10,17H2,1-4H3. The Hall–Kier alpha value is -1.11. The molecule has 1 atom stereocenters. The second-order valence-corrected chi connectivity index (χ2v) is 8.19. The van der Waals surface area contributed by atoms with Crippen LogP contribution in [0.1, 0.15) is 43.7 Å². The van der Waals surface area contributed by atoms with E-state index in [0.29, 0.717) is 23.5 Å². The molecule has 0 amide bonds. The highest BCUT2D eigenvalue weighted by molar-refractivity contribution is 7.89. The molecule has 0 aliphatic carbocycles. The van der Waals surface area contributed by atoms with Crippen LogP contribution < -0.4 is 10.5 Å². The predicted octanol–water partition coefficient (Wildman–Crippen LogP) is 2.24. The van der Waals surface area contributed by atoms with Gasteiger partial charge in [0.15, 0.2) is 0 Å². The Morgan fingerprint density at radius 2 is 2.05 bits per heavy atom. The number of methoxy groups -OCH3 is 1. The van der Waals surface area contributed by atoms with Gasteiger partial charge in [-0.1, -0.05) is 13.8 Å². The molecule has 1 fully saturated rings. The van der Waals surface area contributed by atoms with Gasteiger partial charge in [0.05, 0.1) is 12.0 Å². The second kappa shape index (κ2) is 6.56. The third-order valence-corrected chi connectivity index (χ3v) is 6.19. The van der Waals surface area contributed by atoms with E-state index < -0.39 is 10.0 Å². The van der Waals surface area contributed by atoms with Crippen molar-refractivity contribution >= 4 is 10.0 Å². The van der Waals surface area contributed by atoms with Crippen molar-refractivity contribution in [1.29, 1.82) is 0 Å². The summed E-state index contributed by atoms with van der Waals surface area (Å²) in [5.74, 6) is 0.926. The molecule has 0 radical (unpaired) electrons. The van der Waals surface area contributed by atoms with Crippen LogP contribution in [0.3, 0.4) is 0 Å². The summed E-state index contributed by atoms with van der Waals surface area (Å²) < 4.78 is 32.8. The molecule has 0 bridgehead atoms. The zero-order chi connectivity index (χ0) is 16.5. The first-order valence-corrected chi connectivity index (χ1v) is 9.15. The minimum atomic E-state index is -3.51. The van der Waals surface area contributed by atoms with Crippen molar-refractivity contribution in [2.24, 2.45) is 5.73 Å². The minimum absolute atomic E-state index is 0.0772. The fourth-order valence-corrected chi connectivity index (χ4v) is 4.69. The van der Waals surface area contributed by atoms with Crippen LogP contribution in [0.15, 0.2) is 17.0 Å². The average molecular weight is 326 g/mol. The van der Waals surface area contributed by atoms with Gasteiger partial charge in [0.25, 0.3) is 0 Å². The van der Waals surface area contributed by atoms with Crippen LogP contribution in [0.2, 0.25) is 0 Å². The van der Waals surface area contributed by atoms with Gasteiger partial charge in [0.2, 0.25) is 10.0 Å². The fourth-order valence-electron chi connectivity index (χ4n) is 2.91. The maximum absolute atomic E-state index is 13.0. The minimum Gasteiger partial charge on any atom is -0.496 e. The number of nitrogens with zero attached hydrogens (tertiary/aromatic N) is 1. The summed E-state index contributed by atoms with van der Waals surface area (Å²) in [6, 6.07) is 3.49. The van der Waals surface area contributed by atoms with E-state index >= 15 is 0 Å². The van der Waals surface area contributed by atoms with E-state index in [-0.39, 0.29) is 12.0 Å². The molecule has 1 heterocycles. The summed E-state index contributed by atoms with van der Waals surface area (Å²) in [6.07, 6.45) is 1.69. The molecular weight excluding hydrogens is 300 g/mol. The summed E-state index contributed by atoms with van der Waals surface area (Å²) in [5, 5.41) is 0. The Kier molecular flexibility index (Phi) is 5.14. The summed E-state index contributed by atoms with van der Waals surface area (Å²) >= 11 is 0. The van der Waals surface area contributed by atoms with Crippen molar-refractivity contribution in [2.75, 3.05) is 20.2 Å². The number of nitrogens with two attached hydrogens (primary N) is 1. The van der Waals surface area contributed by atoms with Crippen molar-refractivity contribution in [1.82, 2.24) is 4.31 Å². The van der Waals surface area contributed by atoms with Gasteiger partial charge in [0.1, 0.15) is 5.75 Å². The van der Waals surface area contributed by atoms with Crippen molar-refractivity contribution in [3.63, 3.8) is 0 Å². The summed E-state index contributed by atoms with van der Waals surface area (Å²) in [7, 11) is -1.90. The molecule has 2 rings (SSSR count). The van der Waals surface area contributed by atoms with Crippen LogP contribution in [0.25, 0.3) is 0 Å². The topological polar surface area (TPSA) is 72.6 Å². The first-order valence-electron chi connectivity index (χ1n) is 7.71. The number of aryl methyl sites for hydroxylation is 1. The van der Waals surface area contributed by atoms with Crippen LogP contribution in [-0.2, 0) is 10.0 Å². The Labute approximate surface area is 133 Å². The number of hydrogen-bond acceptors (Lipinski definition) is 4. The lowest BCUT2D eigenvalue weighted by atomic mass is 10.0. The van der Waals surface area contributed by atoms with E-state index in [0.717, 1.165) is 24.2 Å². The molecule has 6 heteroatoms. The monoisotopic (exact) mass is 326 g/mol. The number of hydrogen-bond donors (Lipinski definition) is 1. The predicted molar refractivity (Wildman–Crippen MR) is 87.8 cm³/mol. The molecule has 1 saturated heterocycles. The Bertz CT molecular complexity index is 641. The highest BCUT2D eigenvalue weighted by Crippen LogP contribution is 2.33. The van der Waals surface area contributed by atoms with E-state index in [1.54, 1.807) is 13.2 Å². The number of rotatable bonds is 4. The van der Waals surface area contributed by atoms with Crippen LogP contribution in [0.5, 0.6) is 5.75 Å². The molecule has 0 saturated carbocycles. The van der Waals surface area contributed by atoms with Gasteiger partial charge in [-0.15, -0.1) is 0 Å². The molecule has 0 aromatic heterocycles. The van der Waals surface area contributed by atoms with Crippen LogP contribution in [-0.4, -0.2) is 39.0 Å². The Morgan fingerprint density at radius 1 is 1.36 bits per heavy atom. The molecule has 1 aliphatic heterocycles. The molecule has 0 spiro atoms. The Morgan fingerprint density at radius 3 is 2.59 bits per heavy atom. The third-order valence-electron chi connectivity index (χ3n) is 4.19. The lowest BCUT2D eigenvalue weighted by Crippen LogP contribution is -2.45. The second-order valence-electron chi connectivity index (χ2n) is 6.28. The Balaban J connectivity index is 2.48. The number of piperidine rings is 1. The molecule has 22 heavy (non-hydrogen) atoms. The SMILES string of the molecule is COc1cc(C)c(S(=O)(=O)N2CCCC(N)C2)cc1C(C)C. The quantitative estimate of drug-likeness (QED) is 0.921. The third kappa shape index (κ3) is 3.29. The molecule has 1 unspecified atom stereocenters. The van der Waals surface area contributed by atoms with E-state index in [1.165, 1.54) is 4.31 Å². The summed E-state index contributed by atoms with van der Waals surface area (Å²) in [4.78, 5) is 0.367. The van der Waals surface area contributed by atoms with Gasteiger partial charge in [-0.25, -0.2) is 8.42 Å². The average Bonchev–Trinajstić information content (AvgIpc) is 2.46. The fraction of sp³-hybridized carbons (Fsp3) is 0.625. The van der Waals surface area contributed by atoms with Gasteiger partial charge >= 0.3 is 0 Å². The van der Waals surface area contributed by atoms with Gasteiger partial charge < -0.3 is 10.5 Å². The van der Waals surface area contributed by atoms with Crippen molar-refractivity contribution in [3.8, 4) is 5.75 Å². The first-order chi connectivity index (χ1) is 10.3. The van der Waals surface area contributed by atoms with E-state index in [1.807, 2.05) is 26.8 Å². The zero-order valence-electron chi connectivity index (χ0n) is 13.8. The number of sulfonamides is 1. The molecule has 124 valence electrons. The normalized spacial score (nSPS) is 20.4. The maximum Gasteiger partial charge on any atom is 0.243 e. The maximum atomic E-state index is 13.0. The number of benzene rings is 1. The molecule has 5 nitrogen and oxygen atoms in total. The highest BCUT2D eigenvalue weighted by atomic mass is 32.2. The molecule has 1 aromatic rings. The molecule has 2 N–H and O–H groups in total. The van der Waals surface area contributed by atoms with E-state index in [9.17, 15) is 8.42 Å². The van der Waals surface area contributed by atoms with Crippen LogP contribution in [0.4, 0.5) is 0 Å². The summed E-state index contributed by atoms with van der Waals surface area (Å²) in [5.41, 5.74) is 7.55. The highest BCUT2D eigenvalue weighted by Gasteiger charge is 2.31. The summed E-state index contributed by atoms with van der Waals surface area (Å²) in [6.45, 7) is 6.80. The van der Waals surface area contributed by atoms with Gasteiger partial charge in [-0.3, -0.25) is 0 Å². The van der Waals surface area contributed by atoms with Crippen molar-refractivity contribution in [2.45, 2.75) is 50.5 Å². The molecular formula is C16H26N2O3S. The lowest BCUT2D eigenvalue weighted by Gasteiger charge is -2.30. The lowest BCUT2D eigenvalue weighted by molar-refractivity contribution is 0.316. The smallest absolute Gasteiger partial charge is 0.243 e. The molecule has 1 aliphatic rings. The zero-order valence-corrected chi connectivity index (χ0v) is 14.6. The molecule has 1 aromatic carbocycles. The van der Waals surface area contributed by atoms with Crippen LogP contribution >= 0.6 is 0 Å². The van der Waals surface area contributed by atoms with Gasteiger partial charge in [-0.05, 0) is 48.9 Å². The van der Waals surface area contributed by atoms with Crippen molar-refractivity contribution in [3.05, 3.63) is 23.3 Å². The van der Waals surface area contributed by atoms with E-state index in [2.05, 4.69) is 0 Å².